The zero-order chi connectivity index (χ0) is 19.7. The van der Waals surface area contributed by atoms with Crippen molar-refractivity contribution in [3.05, 3.63) is 57.2 Å². The molecule has 28 heavy (non-hydrogen) atoms. The highest BCUT2D eigenvalue weighted by Crippen LogP contribution is 2.27. The quantitative estimate of drug-likeness (QED) is 0.205. The molecule has 0 fully saturated rings. The van der Waals surface area contributed by atoms with Gasteiger partial charge in [0.1, 0.15) is 0 Å². The Labute approximate surface area is 193 Å². The summed E-state index contributed by atoms with van der Waals surface area (Å²) in [4.78, 5) is 18.2. The van der Waals surface area contributed by atoms with E-state index in [-0.39, 0.29) is 35.3 Å². The number of nitrogens with zero attached hydrogens (tertiary/aromatic N) is 1. The van der Waals surface area contributed by atoms with Gasteiger partial charge in [-0.25, -0.2) is 0 Å². The molecule has 8 heteroatoms. The van der Waals surface area contributed by atoms with E-state index in [1.807, 2.05) is 6.92 Å². The van der Waals surface area contributed by atoms with E-state index >= 15 is 0 Å². The van der Waals surface area contributed by atoms with Crippen LogP contribution in [-0.2, 0) is 5.41 Å². The molecular formula is C20H28ClIN4OS. The fourth-order valence-corrected chi connectivity index (χ4v) is 3.52. The molecule has 0 aliphatic rings. The van der Waals surface area contributed by atoms with Crippen LogP contribution in [0.4, 0.5) is 0 Å². The lowest BCUT2D eigenvalue weighted by molar-refractivity contribution is 0.0954. The number of halogens is 2. The maximum Gasteiger partial charge on any atom is 0.252 e. The molecule has 154 valence electrons. The first kappa shape index (κ1) is 24.7. The van der Waals surface area contributed by atoms with E-state index < -0.39 is 0 Å². The molecule has 0 saturated carbocycles. The summed E-state index contributed by atoms with van der Waals surface area (Å²) in [6, 6.07) is 11.2. The standard InChI is InChI=1S/C20H27ClN4OS.HI/c1-4-22-19(25-14-20(2,3)17-10-7-13-27-17)24-12-11-23-18(26)15-8-5-6-9-16(15)21;/h5-10,13H,4,11-12,14H2,1-3H3,(H,23,26)(H2,22,24,25);1H. The highest BCUT2D eigenvalue weighted by atomic mass is 127. The molecule has 0 aliphatic heterocycles. The summed E-state index contributed by atoms with van der Waals surface area (Å²) in [6.45, 7) is 8.91. The number of guanidine groups is 1. The van der Waals surface area contributed by atoms with Gasteiger partial charge in [0.05, 0.1) is 17.1 Å². The van der Waals surface area contributed by atoms with Gasteiger partial charge in [-0.1, -0.05) is 43.6 Å². The zero-order valence-corrected chi connectivity index (χ0v) is 20.3. The maximum absolute atomic E-state index is 12.2. The molecule has 3 N–H and O–H groups in total. The van der Waals surface area contributed by atoms with Crippen LogP contribution in [0.1, 0.15) is 36.0 Å². The van der Waals surface area contributed by atoms with E-state index in [0.717, 1.165) is 12.5 Å². The number of carbonyl (C=O) groups is 1. The maximum atomic E-state index is 12.2. The predicted molar refractivity (Wildman–Crippen MR) is 131 cm³/mol. The molecule has 0 spiro atoms. The molecule has 0 unspecified atom stereocenters. The molecule has 0 saturated heterocycles. The smallest absolute Gasteiger partial charge is 0.252 e. The second-order valence-corrected chi connectivity index (χ2v) is 8.07. The summed E-state index contributed by atoms with van der Waals surface area (Å²) in [6.07, 6.45) is 0. The number of benzene rings is 1. The molecule has 5 nitrogen and oxygen atoms in total. The monoisotopic (exact) mass is 534 g/mol. The lowest BCUT2D eigenvalue weighted by Crippen LogP contribution is -2.42. The van der Waals surface area contributed by atoms with Gasteiger partial charge in [0.15, 0.2) is 5.96 Å². The van der Waals surface area contributed by atoms with Gasteiger partial charge in [-0.3, -0.25) is 9.79 Å². The van der Waals surface area contributed by atoms with Crippen LogP contribution in [0, 0.1) is 0 Å². The molecule has 0 radical (unpaired) electrons. The van der Waals surface area contributed by atoms with Crippen LogP contribution in [0.15, 0.2) is 46.8 Å². The molecule has 0 atom stereocenters. The van der Waals surface area contributed by atoms with Gasteiger partial charge in [0.25, 0.3) is 5.91 Å². The van der Waals surface area contributed by atoms with Crippen LogP contribution in [0.3, 0.4) is 0 Å². The summed E-state index contributed by atoms with van der Waals surface area (Å²) in [5.41, 5.74) is 0.465. The molecule has 0 bridgehead atoms. The van der Waals surface area contributed by atoms with Crippen molar-refractivity contribution in [1.29, 1.82) is 0 Å². The van der Waals surface area contributed by atoms with E-state index in [9.17, 15) is 4.79 Å². The number of hydrogen-bond acceptors (Lipinski definition) is 3. The molecule has 1 heterocycles. The van der Waals surface area contributed by atoms with Gasteiger partial charge in [0, 0.05) is 29.9 Å². The van der Waals surface area contributed by atoms with Gasteiger partial charge in [0.2, 0.25) is 0 Å². The topological polar surface area (TPSA) is 65.5 Å². The molecule has 1 aromatic heterocycles. The molecule has 0 aliphatic carbocycles. The summed E-state index contributed by atoms with van der Waals surface area (Å²) in [5, 5.41) is 11.9. The number of carbonyl (C=O) groups excluding carboxylic acids is 1. The molecule has 2 rings (SSSR count). The number of nitrogens with one attached hydrogen (secondary N) is 3. The highest BCUT2D eigenvalue weighted by molar-refractivity contribution is 14.0. The number of rotatable bonds is 8. The average Bonchev–Trinajstić information content (AvgIpc) is 3.19. The summed E-state index contributed by atoms with van der Waals surface area (Å²) < 4.78 is 0. The second kappa shape index (κ2) is 12.3. The fourth-order valence-electron chi connectivity index (χ4n) is 2.46. The van der Waals surface area contributed by atoms with E-state index in [2.05, 4.69) is 47.3 Å². The van der Waals surface area contributed by atoms with Crippen LogP contribution in [0.25, 0.3) is 0 Å². The first-order valence-electron chi connectivity index (χ1n) is 9.03. The third kappa shape index (κ3) is 7.60. The minimum Gasteiger partial charge on any atom is -0.357 e. The van der Waals surface area contributed by atoms with Crippen molar-refractivity contribution in [1.82, 2.24) is 16.0 Å². The summed E-state index contributed by atoms with van der Waals surface area (Å²) in [5.74, 6) is 0.567. The lowest BCUT2D eigenvalue weighted by Gasteiger charge is -2.22. The Morgan fingerprint density at radius 2 is 1.82 bits per heavy atom. The van der Waals surface area contributed by atoms with Gasteiger partial charge in [-0.05, 0) is 30.5 Å². The van der Waals surface area contributed by atoms with Crippen molar-refractivity contribution in [3.63, 3.8) is 0 Å². The Kier molecular flexibility index (Phi) is 10.8. The minimum absolute atomic E-state index is 0. The third-order valence-corrected chi connectivity index (χ3v) is 5.55. The van der Waals surface area contributed by atoms with Crippen LogP contribution >= 0.6 is 46.9 Å². The zero-order valence-electron chi connectivity index (χ0n) is 16.4. The van der Waals surface area contributed by atoms with Gasteiger partial charge >= 0.3 is 0 Å². The van der Waals surface area contributed by atoms with E-state index in [1.54, 1.807) is 35.6 Å². The van der Waals surface area contributed by atoms with Gasteiger partial charge in [-0.15, -0.1) is 35.3 Å². The number of thiophene rings is 1. The van der Waals surface area contributed by atoms with E-state index in [4.69, 9.17) is 16.6 Å². The third-order valence-electron chi connectivity index (χ3n) is 3.99. The number of amides is 1. The SMILES string of the molecule is CCNC(=NCC(C)(C)c1cccs1)NCCNC(=O)c1ccccc1Cl.I. The average molecular weight is 535 g/mol. The Morgan fingerprint density at radius 1 is 1.11 bits per heavy atom. The fraction of sp³-hybridized carbons (Fsp3) is 0.400. The van der Waals surface area contributed by atoms with Crippen LogP contribution < -0.4 is 16.0 Å². The molecular weight excluding hydrogens is 507 g/mol. The van der Waals surface area contributed by atoms with Gasteiger partial charge in [-0.2, -0.15) is 0 Å². The molecule has 1 aromatic carbocycles. The van der Waals surface area contributed by atoms with Crippen molar-refractivity contribution in [3.8, 4) is 0 Å². The van der Waals surface area contributed by atoms with Crippen molar-refractivity contribution >= 4 is 58.8 Å². The lowest BCUT2D eigenvalue weighted by atomic mass is 9.92. The number of hydrogen-bond donors (Lipinski definition) is 3. The van der Waals surface area contributed by atoms with Crippen LogP contribution in [0.5, 0.6) is 0 Å². The summed E-state index contributed by atoms with van der Waals surface area (Å²) >= 11 is 7.80. The first-order valence-corrected chi connectivity index (χ1v) is 10.3. The largest absolute Gasteiger partial charge is 0.357 e. The van der Waals surface area contributed by atoms with Crippen LogP contribution in [-0.4, -0.2) is 38.0 Å². The van der Waals surface area contributed by atoms with Crippen molar-refractivity contribution in [2.45, 2.75) is 26.2 Å². The van der Waals surface area contributed by atoms with E-state index in [1.165, 1.54) is 4.88 Å². The first-order chi connectivity index (χ1) is 12.9. The normalized spacial score (nSPS) is 11.5. The summed E-state index contributed by atoms with van der Waals surface area (Å²) in [7, 11) is 0. The Bertz CT molecular complexity index is 765. The minimum atomic E-state index is -0.178. The Hall–Kier alpha value is -1.32. The van der Waals surface area contributed by atoms with E-state index in [0.29, 0.717) is 30.2 Å². The highest BCUT2D eigenvalue weighted by Gasteiger charge is 2.21. The van der Waals surface area contributed by atoms with Gasteiger partial charge < -0.3 is 16.0 Å². The molecule has 2 aromatic rings. The van der Waals surface area contributed by atoms with Crippen molar-refractivity contribution in [2.24, 2.45) is 4.99 Å². The van der Waals surface area contributed by atoms with Crippen molar-refractivity contribution in [2.75, 3.05) is 26.2 Å². The molecule has 1 amide bonds. The Morgan fingerprint density at radius 3 is 2.46 bits per heavy atom. The second-order valence-electron chi connectivity index (χ2n) is 6.72. The number of aliphatic imine (C=N–C) groups is 1. The Balaban J connectivity index is 0.00000392. The predicted octanol–water partition coefficient (Wildman–Crippen LogP) is 4.28. The van der Waals surface area contributed by atoms with Crippen LogP contribution in [0.2, 0.25) is 5.02 Å². The van der Waals surface area contributed by atoms with Crippen molar-refractivity contribution < 1.29 is 4.79 Å².